The Morgan fingerprint density at radius 1 is 0.247 bits per heavy atom. The molecule has 2 heterocycles. The Bertz CT molecular complexity index is 4300. The number of anilines is 3. The van der Waals surface area contributed by atoms with Crippen LogP contribution < -0.4 is 4.90 Å². The van der Waals surface area contributed by atoms with Gasteiger partial charge in [-0.3, -0.25) is 0 Å². The number of benzene rings is 12. The van der Waals surface area contributed by atoms with Gasteiger partial charge >= 0.3 is 0 Å². The number of hydrogen-bond donors (Lipinski definition) is 0. The van der Waals surface area contributed by atoms with Crippen LogP contribution in [-0.4, -0.2) is 4.57 Å². The summed E-state index contributed by atoms with van der Waals surface area (Å²) >= 11 is 0. The third-order valence-electron chi connectivity index (χ3n) is 14.6. The number of fused-ring (bicyclic) bond motifs is 7. The standard InChI is InChI=1S/C70H46N2O/c1-2-12-53-44-57(28-27-47(53)11-1)55-14-9-13-54(43-55)50-25-23-48(24-26-50)49-29-36-59(37-30-49)71(61-40-33-52(34-41-61)58-35-42-66-65-19-5-8-22-69(65)73-70(66)46-58)60-38-31-51(32-39-60)56-15-10-16-62(45-56)72-67-20-6-3-17-63(67)64-18-4-7-21-68(64)72/h1-46H. The summed E-state index contributed by atoms with van der Waals surface area (Å²) in [5.74, 6) is 0. The van der Waals surface area contributed by atoms with Crippen LogP contribution in [0.15, 0.2) is 283 Å². The van der Waals surface area contributed by atoms with Gasteiger partial charge < -0.3 is 13.9 Å². The minimum absolute atomic E-state index is 0.894. The zero-order chi connectivity index (χ0) is 48.2. The van der Waals surface area contributed by atoms with Crippen LogP contribution in [0.25, 0.3) is 116 Å². The number of para-hydroxylation sites is 3. The second-order valence-electron chi connectivity index (χ2n) is 18.9. The molecule has 0 aliphatic carbocycles. The highest BCUT2D eigenvalue weighted by Gasteiger charge is 2.17. The predicted octanol–water partition coefficient (Wildman–Crippen LogP) is 19.6. The molecule has 0 saturated heterocycles. The molecular weight excluding hydrogens is 885 g/mol. The predicted molar refractivity (Wildman–Crippen MR) is 307 cm³/mol. The minimum Gasteiger partial charge on any atom is -0.456 e. The fourth-order valence-corrected chi connectivity index (χ4v) is 10.9. The Kier molecular flexibility index (Phi) is 10.2. The van der Waals surface area contributed by atoms with Crippen LogP contribution in [0.1, 0.15) is 0 Å². The van der Waals surface area contributed by atoms with Gasteiger partial charge in [0.2, 0.25) is 0 Å². The lowest BCUT2D eigenvalue weighted by Gasteiger charge is -2.26. The minimum atomic E-state index is 0.894. The second kappa shape index (κ2) is 17.6. The van der Waals surface area contributed by atoms with Gasteiger partial charge in [-0.05, 0) is 157 Å². The maximum atomic E-state index is 6.28. The largest absolute Gasteiger partial charge is 0.456 e. The van der Waals surface area contributed by atoms with Crippen molar-refractivity contribution in [1.82, 2.24) is 4.57 Å². The Hall–Kier alpha value is -9.70. The fourth-order valence-electron chi connectivity index (χ4n) is 10.9. The Morgan fingerprint density at radius 3 is 1.27 bits per heavy atom. The fraction of sp³-hybridized carbons (Fsp3) is 0. The monoisotopic (exact) mass is 930 g/mol. The van der Waals surface area contributed by atoms with Crippen LogP contribution in [-0.2, 0) is 0 Å². The molecule has 3 heteroatoms. The summed E-state index contributed by atoms with van der Waals surface area (Å²) in [6.07, 6.45) is 0. The maximum Gasteiger partial charge on any atom is 0.136 e. The quantitative estimate of drug-likeness (QED) is 0.144. The topological polar surface area (TPSA) is 21.3 Å². The average Bonchev–Trinajstić information content (AvgIpc) is 4.01. The molecule has 0 bridgehead atoms. The number of nitrogens with zero attached hydrogens (tertiary/aromatic N) is 2. The van der Waals surface area contributed by atoms with Crippen molar-refractivity contribution < 1.29 is 4.42 Å². The molecule has 0 radical (unpaired) electrons. The van der Waals surface area contributed by atoms with Gasteiger partial charge in [-0.2, -0.15) is 0 Å². The third kappa shape index (κ3) is 7.63. The van der Waals surface area contributed by atoms with Gasteiger partial charge in [-0.15, -0.1) is 0 Å². The number of rotatable bonds is 9. The van der Waals surface area contributed by atoms with Crippen LogP contribution >= 0.6 is 0 Å². The number of hydrogen-bond acceptors (Lipinski definition) is 2. The first kappa shape index (κ1) is 42.2. The van der Waals surface area contributed by atoms with Crippen LogP contribution in [0.2, 0.25) is 0 Å². The highest BCUT2D eigenvalue weighted by molar-refractivity contribution is 6.09. The van der Waals surface area contributed by atoms with Gasteiger partial charge in [-0.1, -0.05) is 188 Å². The van der Waals surface area contributed by atoms with E-state index in [4.69, 9.17) is 4.42 Å². The van der Waals surface area contributed by atoms with E-state index in [-0.39, 0.29) is 0 Å². The molecule has 2 aromatic heterocycles. The van der Waals surface area contributed by atoms with Gasteiger partial charge in [0.15, 0.2) is 0 Å². The van der Waals surface area contributed by atoms with E-state index >= 15 is 0 Å². The van der Waals surface area contributed by atoms with Crippen molar-refractivity contribution in [2.75, 3.05) is 4.90 Å². The SMILES string of the molecule is c1cc(-c2ccc(-c3ccc(N(c4ccc(-c5cccc(-n6c7ccccc7c7ccccc76)c5)cc4)c4ccc(-c5ccc6c(c5)oc5ccccc56)cc4)cc3)cc2)cc(-c2ccc3ccccc3c2)c1. The van der Waals surface area contributed by atoms with Gasteiger partial charge in [0.05, 0.1) is 11.0 Å². The van der Waals surface area contributed by atoms with E-state index in [1.807, 2.05) is 12.1 Å². The van der Waals surface area contributed by atoms with Gasteiger partial charge in [0.25, 0.3) is 0 Å². The van der Waals surface area contributed by atoms with Crippen molar-refractivity contribution in [3.05, 3.63) is 279 Å². The summed E-state index contributed by atoms with van der Waals surface area (Å²) in [5, 5.41) is 7.29. The normalized spacial score (nSPS) is 11.6. The molecule has 0 atom stereocenters. The highest BCUT2D eigenvalue weighted by Crippen LogP contribution is 2.40. The number of aromatic nitrogens is 1. The molecule has 0 saturated carbocycles. The van der Waals surface area contributed by atoms with Gasteiger partial charge in [0.1, 0.15) is 11.2 Å². The van der Waals surface area contributed by atoms with Gasteiger partial charge in [0, 0.05) is 44.3 Å². The molecule has 0 aliphatic rings. The van der Waals surface area contributed by atoms with Crippen molar-refractivity contribution in [3.8, 4) is 61.3 Å². The summed E-state index contributed by atoms with van der Waals surface area (Å²) in [6.45, 7) is 0. The third-order valence-corrected chi connectivity index (χ3v) is 14.6. The Morgan fingerprint density at radius 2 is 0.658 bits per heavy atom. The molecule has 0 unspecified atom stereocenters. The average molecular weight is 931 g/mol. The number of furan rings is 1. The summed E-state index contributed by atoms with van der Waals surface area (Å²) in [4.78, 5) is 2.35. The lowest BCUT2D eigenvalue weighted by atomic mass is 9.96. The first-order chi connectivity index (χ1) is 36.1. The van der Waals surface area contributed by atoms with Crippen molar-refractivity contribution in [2.45, 2.75) is 0 Å². The molecular formula is C70H46N2O. The van der Waals surface area contributed by atoms with E-state index < -0.39 is 0 Å². The van der Waals surface area contributed by atoms with Crippen LogP contribution in [0.5, 0.6) is 0 Å². The zero-order valence-corrected chi connectivity index (χ0v) is 39.9. The lowest BCUT2D eigenvalue weighted by Crippen LogP contribution is -2.09. The Labute approximate surface area is 423 Å². The highest BCUT2D eigenvalue weighted by atomic mass is 16.3. The maximum absolute atomic E-state index is 6.28. The van der Waals surface area contributed by atoms with Crippen molar-refractivity contribution >= 4 is 71.6 Å². The second-order valence-corrected chi connectivity index (χ2v) is 18.9. The van der Waals surface area contributed by atoms with Crippen LogP contribution in [0.4, 0.5) is 17.1 Å². The summed E-state index contributed by atoms with van der Waals surface area (Å²) < 4.78 is 8.66. The van der Waals surface area contributed by atoms with E-state index in [2.05, 4.69) is 276 Å². The molecule has 3 nitrogen and oxygen atoms in total. The lowest BCUT2D eigenvalue weighted by molar-refractivity contribution is 0.669. The first-order valence-corrected chi connectivity index (χ1v) is 25.0. The summed E-state index contributed by atoms with van der Waals surface area (Å²) in [6, 6.07) is 101. The molecule has 12 aromatic carbocycles. The molecule has 73 heavy (non-hydrogen) atoms. The zero-order valence-electron chi connectivity index (χ0n) is 39.9. The van der Waals surface area contributed by atoms with Crippen molar-refractivity contribution in [2.24, 2.45) is 0 Å². The molecule has 342 valence electrons. The van der Waals surface area contributed by atoms with E-state index in [1.54, 1.807) is 0 Å². The molecule has 0 spiro atoms. The van der Waals surface area contributed by atoms with Crippen molar-refractivity contribution in [3.63, 3.8) is 0 Å². The van der Waals surface area contributed by atoms with E-state index in [1.165, 1.54) is 60.4 Å². The first-order valence-electron chi connectivity index (χ1n) is 25.0. The van der Waals surface area contributed by atoms with E-state index in [0.29, 0.717) is 0 Å². The molecule has 14 rings (SSSR count). The smallest absolute Gasteiger partial charge is 0.136 e. The molecule has 14 aromatic rings. The Balaban J connectivity index is 0.785. The molecule has 0 fully saturated rings. The molecule has 0 aliphatic heterocycles. The van der Waals surface area contributed by atoms with E-state index in [9.17, 15) is 0 Å². The van der Waals surface area contributed by atoms with Crippen LogP contribution in [0, 0.1) is 0 Å². The van der Waals surface area contributed by atoms with Crippen molar-refractivity contribution in [1.29, 1.82) is 0 Å². The summed E-state index contributed by atoms with van der Waals surface area (Å²) in [5.41, 5.74) is 20.3. The van der Waals surface area contributed by atoms with Crippen LogP contribution in [0.3, 0.4) is 0 Å². The van der Waals surface area contributed by atoms with Gasteiger partial charge in [-0.25, -0.2) is 0 Å². The molecule has 0 amide bonds. The summed E-state index contributed by atoms with van der Waals surface area (Å²) in [7, 11) is 0. The van der Waals surface area contributed by atoms with E-state index in [0.717, 1.165) is 72.5 Å². The molecule has 0 N–H and O–H groups in total.